The second kappa shape index (κ2) is 7.18. The third-order valence-corrected chi connectivity index (χ3v) is 5.37. The number of likely N-dealkylation sites (tertiary alicyclic amines) is 1. The van der Waals surface area contributed by atoms with Gasteiger partial charge in [0.05, 0.1) is 24.0 Å². The fourth-order valence-electron chi connectivity index (χ4n) is 3.66. The van der Waals surface area contributed by atoms with Crippen LogP contribution >= 0.6 is 0 Å². The van der Waals surface area contributed by atoms with E-state index in [0.29, 0.717) is 30.8 Å². The van der Waals surface area contributed by atoms with Gasteiger partial charge in [-0.1, -0.05) is 0 Å². The number of rotatable bonds is 5. The number of ether oxygens (including phenoxy) is 2. The lowest BCUT2D eigenvalue weighted by atomic mass is 9.90. The van der Waals surface area contributed by atoms with Crippen LogP contribution in [0.15, 0.2) is 41.6 Å². The number of fused-ring (bicyclic) bond motifs is 1. The van der Waals surface area contributed by atoms with Crippen molar-refractivity contribution in [3.05, 3.63) is 48.4 Å². The zero-order chi connectivity index (χ0) is 18.9. The fraction of sp³-hybridized carbons (Fsp3) is 0.450. The van der Waals surface area contributed by atoms with Crippen LogP contribution in [0.5, 0.6) is 5.75 Å². The molecular formula is C20H22N4O4. The summed E-state index contributed by atoms with van der Waals surface area (Å²) in [6.45, 7) is 1.47. The lowest BCUT2D eigenvalue weighted by Gasteiger charge is -2.31. The van der Waals surface area contributed by atoms with E-state index in [1.165, 1.54) is 18.2 Å². The predicted octanol–water partition coefficient (Wildman–Crippen LogP) is 3.38. The first-order chi connectivity index (χ1) is 13.8. The highest BCUT2D eigenvalue weighted by Crippen LogP contribution is 2.33. The zero-order valence-corrected chi connectivity index (χ0v) is 15.5. The normalized spacial score (nSPS) is 17.8. The van der Waals surface area contributed by atoms with Gasteiger partial charge in [-0.05, 0) is 43.7 Å². The summed E-state index contributed by atoms with van der Waals surface area (Å²) in [6.07, 6.45) is 10.8. The molecule has 28 heavy (non-hydrogen) atoms. The van der Waals surface area contributed by atoms with E-state index in [-0.39, 0.29) is 12.7 Å². The Morgan fingerprint density at radius 1 is 1.21 bits per heavy atom. The molecule has 146 valence electrons. The van der Waals surface area contributed by atoms with Crippen molar-refractivity contribution in [2.45, 2.75) is 44.3 Å². The van der Waals surface area contributed by atoms with Gasteiger partial charge in [-0.25, -0.2) is 14.3 Å². The Morgan fingerprint density at radius 2 is 2.07 bits per heavy atom. The number of carbonyl (C=O) groups excluding carboxylic acids is 1. The lowest BCUT2D eigenvalue weighted by molar-refractivity contribution is 0.0861. The smallest absolute Gasteiger partial charge is 0.410 e. The van der Waals surface area contributed by atoms with Gasteiger partial charge in [-0.15, -0.1) is 0 Å². The van der Waals surface area contributed by atoms with Crippen molar-refractivity contribution < 1.29 is 18.7 Å². The summed E-state index contributed by atoms with van der Waals surface area (Å²) in [5, 5.41) is 4.51. The van der Waals surface area contributed by atoms with Gasteiger partial charge in [-0.3, -0.25) is 0 Å². The topological polar surface area (TPSA) is 82.1 Å². The number of oxazole rings is 1. The van der Waals surface area contributed by atoms with Crippen LogP contribution in [0.4, 0.5) is 4.79 Å². The van der Waals surface area contributed by atoms with E-state index in [0.717, 1.165) is 36.9 Å². The molecule has 0 spiro atoms. The molecule has 2 aliphatic rings. The molecule has 1 aliphatic heterocycles. The second-order valence-corrected chi connectivity index (χ2v) is 7.41. The monoisotopic (exact) mass is 382 g/mol. The Hall–Kier alpha value is -3.03. The highest BCUT2D eigenvalue weighted by atomic mass is 16.6. The highest BCUT2D eigenvalue weighted by Gasteiger charge is 2.27. The molecule has 2 fully saturated rings. The molecule has 0 radical (unpaired) electrons. The number of aromatic nitrogens is 3. The molecule has 0 unspecified atom stereocenters. The molecule has 8 heteroatoms. The molecule has 0 atom stereocenters. The van der Waals surface area contributed by atoms with Gasteiger partial charge in [-0.2, -0.15) is 5.10 Å². The van der Waals surface area contributed by atoms with Crippen molar-refractivity contribution >= 4 is 11.6 Å². The van der Waals surface area contributed by atoms with E-state index in [1.54, 1.807) is 4.90 Å². The summed E-state index contributed by atoms with van der Waals surface area (Å²) < 4.78 is 17.9. The van der Waals surface area contributed by atoms with Gasteiger partial charge in [0.15, 0.2) is 6.39 Å². The summed E-state index contributed by atoms with van der Waals surface area (Å²) in [5.74, 6) is 1.25. The lowest BCUT2D eigenvalue weighted by Crippen LogP contribution is -2.38. The molecule has 3 aromatic rings. The predicted molar refractivity (Wildman–Crippen MR) is 99.1 cm³/mol. The van der Waals surface area contributed by atoms with Crippen LogP contribution in [-0.2, 0) is 11.3 Å². The number of piperidine rings is 1. The molecule has 3 aromatic heterocycles. The first-order valence-electron chi connectivity index (χ1n) is 9.69. The SMILES string of the molecule is O=C(OCc1cocn1)N1CCC(c2cnn3cc(OC4CC4)ccc23)CC1. The largest absolute Gasteiger partial charge is 0.489 e. The Balaban J connectivity index is 1.19. The van der Waals surface area contributed by atoms with E-state index >= 15 is 0 Å². The highest BCUT2D eigenvalue weighted by molar-refractivity contribution is 5.68. The summed E-state index contributed by atoms with van der Waals surface area (Å²) in [5.41, 5.74) is 2.95. The van der Waals surface area contributed by atoms with Crippen molar-refractivity contribution in [1.82, 2.24) is 19.5 Å². The molecule has 0 N–H and O–H groups in total. The molecule has 0 aromatic carbocycles. The zero-order valence-electron chi connectivity index (χ0n) is 15.5. The van der Waals surface area contributed by atoms with E-state index in [2.05, 4.69) is 16.1 Å². The number of hydrogen-bond acceptors (Lipinski definition) is 6. The number of nitrogens with zero attached hydrogens (tertiary/aromatic N) is 4. The fourth-order valence-corrected chi connectivity index (χ4v) is 3.66. The Morgan fingerprint density at radius 3 is 2.82 bits per heavy atom. The molecule has 8 nitrogen and oxygen atoms in total. The number of carbonyl (C=O) groups is 1. The molecule has 1 saturated carbocycles. The van der Waals surface area contributed by atoms with E-state index in [9.17, 15) is 4.79 Å². The average Bonchev–Trinajstić information content (AvgIpc) is 3.21. The quantitative estimate of drug-likeness (QED) is 0.673. The maximum atomic E-state index is 12.2. The van der Waals surface area contributed by atoms with Crippen molar-refractivity contribution in [3.8, 4) is 5.75 Å². The molecule has 4 heterocycles. The van der Waals surface area contributed by atoms with Crippen molar-refractivity contribution in [2.75, 3.05) is 13.1 Å². The summed E-state index contributed by atoms with van der Waals surface area (Å²) in [6, 6.07) is 4.10. The maximum absolute atomic E-state index is 12.2. The van der Waals surface area contributed by atoms with Crippen LogP contribution in [0.2, 0.25) is 0 Å². The Bertz CT molecular complexity index is 956. The van der Waals surface area contributed by atoms with Crippen LogP contribution in [0.3, 0.4) is 0 Å². The van der Waals surface area contributed by atoms with Crippen LogP contribution in [0.1, 0.15) is 42.9 Å². The van der Waals surface area contributed by atoms with Gasteiger partial charge in [0.2, 0.25) is 0 Å². The van der Waals surface area contributed by atoms with Crippen LogP contribution in [-0.4, -0.2) is 44.8 Å². The van der Waals surface area contributed by atoms with E-state index in [1.807, 2.05) is 23.0 Å². The number of pyridine rings is 1. The molecular weight excluding hydrogens is 360 g/mol. The van der Waals surface area contributed by atoms with Crippen molar-refractivity contribution in [3.63, 3.8) is 0 Å². The summed E-state index contributed by atoms with van der Waals surface area (Å²) in [7, 11) is 0. The number of hydrogen-bond donors (Lipinski definition) is 0. The molecule has 0 bridgehead atoms. The summed E-state index contributed by atoms with van der Waals surface area (Å²) in [4.78, 5) is 18.0. The molecule has 1 amide bonds. The van der Waals surface area contributed by atoms with Gasteiger partial charge >= 0.3 is 6.09 Å². The molecule has 1 saturated heterocycles. The van der Waals surface area contributed by atoms with Gasteiger partial charge in [0.25, 0.3) is 0 Å². The summed E-state index contributed by atoms with van der Waals surface area (Å²) >= 11 is 0. The third-order valence-electron chi connectivity index (χ3n) is 5.37. The standard InChI is InChI=1S/C20H22N4O4/c25-20(27-12-15-11-26-13-21-15)23-7-5-14(6-8-23)18-9-22-24-10-17(3-4-19(18)24)28-16-1-2-16/h3-4,9-11,13-14,16H,1-2,5-8,12H2. The van der Waals surface area contributed by atoms with Gasteiger partial charge in [0.1, 0.15) is 24.3 Å². The Labute approximate surface area is 162 Å². The third kappa shape index (κ3) is 3.54. The first kappa shape index (κ1) is 17.1. The minimum Gasteiger partial charge on any atom is -0.489 e. The average molecular weight is 382 g/mol. The maximum Gasteiger partial charge on any atom is 0.410 e. The van der Waals surface area contributed by atoms with Gasteiger partial charge in [0, 0.05) is 18.7 Å². The van der Waals surface area contributed by atoms with Crippen LogP contribution < -0.4 is 4.74 Å². The van der Waals surface area contributed by atoms with Gasteiger partial charge < -0.3 is 18.8 Å². The van der Waals surface area contributed by atoms with Crippen molar-refractivity contribution in [1.29, 1.82) is 0 Å². The van der Waals surface area contributed by atoms with Crippen LogP contribution in [0, 0.1) is 0 Å². The van der Waals surface area contributed by atoms with E-state index in [4.69, 9.17) is 13.9 Å². The van der Waals surface area contributed by atoms with E-state index < -0.39 is 0 Å². The Kier molecular flexibility index (Phi) is 4.38. The van der Waals surface area contributed by atoms with Crippen LogP contribution in [0.25, 0.3) is 5.52 Å². The minimum absolute atomic E-state index is 0.134. The second-order valence-electron chi connectivity index (χ2n) is 7.41. The molecule has 1 aliphatic carbocycles. The molecule has 5 rings (SSSR count). The first-order valence-corrected chi connectivity index (χ1v) is 9.69. The number of amides is 1. The minimum atomic E-state index is -0.303. The van der Waals surface area contributed by atoms with Crippen molar-refractivity contribution in [2.24, 2.45) is 0 Å².